The molecule has 2 heteroatoms. The zero-order valence-corrected chi connectivity index (χ0v) is 11.9. The molecule has 2 aliphatic carbocycles. The molecular formula is C17H21NO. The second kappa shape index (κ2) is 4.52. The maximum atomic E-state index is 5.51. The van der Waals surface area contributed by atoms with Crippen LogP contribution in [0.3, 0.4) is 0 Å². The summed E-state index contributed by atoms with van der Waals surface area (Å²) in [5, 5.41) is 4.35. The van der Waals surface area contributed by atoms with Crippen LogP contribution in [-0.2, 0) is 11.4 Å². The van der Waals surface area contributed by atoms with E-state index in [4.69, 9.17) is 4.84 Å². The van der Waals surface area contributed by atoms with Crippen molar-refractivity contribution in [3.63, 3.8) is 0 Å². The van der Waals surface area contributed by atoms with Crippen LogP contribution in [0.4, 0.5) is 0 Å². The minimum Gasteiger partial charge on any atom is -0.391 e. The van der Waals surface area contributed by atoms with Crippen LogP contribution in [0.25, 0.3) is 0 Å². The molecule has 0 spiro atoms. The summed E-state index contributed by atoms with van der Waals surface area (Å²) in [4.78, 5) is 5.51. The Labute approximate surface area is 115 Å². The highest BCUT2D eigenvalue weighted by molar-refractivity contribution is 6.01. The van der Waals surface area contributed by atoms with Crippen LogP contribution in [0.2, 0.25) is 0 Å². The average Bonchev–Trinajstić information content (AvgIpc) is 2.92. The highest BCUT2D eigenvalue weighted by Gasteiger charge is 2.58. The van der Waals surface area contributed by atoms with E-state index in [0.717, 1.165) is 29.5 Å². The summed E-state index contributed by atoms with van der Waals surface area (Å²) in [5.41, 5.74) is 4.04. The summed E-state index contributed by atoms with van der Waals surface area (Å²) in [6.07, 6.45) is 3.44. The van der Waals surface area contributed by atoms with Gasteiger partial charge in [0.1, 0.15) is 6.61 Å². The molecule has 0 saturated heterocycles. The lowest BCUT2D eigenvalue weighted by Crippen LogP contribution is -2.08. The maximum absolute atomic E-state index is 5.51. The fourth-order valence-corrected chi connectivity index (χ4v) is 3.11. The Morgan fingerprint density at radius 3 is 2.74 bits per heavy atom. The third-order valence-electron chi connectivity index (χ3n) is 4.69. The largest absolute Gasteiger partial charge is 0.391 e. The summed E-state index contributed by atoms with van der Waals surface area (Å²) in [7, 11) is 0. The topological polar surface area (TPSA) is 21.6 Å². The average molecular weight is 255 g/mol. The Bertz CT molecular complexity index is 527. The van der Waals surface area contributed by atoms with Crippen LogP contribution in [0, 0.1) is 17.3 Å². The smallest absolute Gasteiger partial charge is 0.142 e. The molecule has 1 aromatic rings. The van der Waals surface area contributed by atoms with E-state index < -0.39 is 0 Å². The van der Waals surface area contributed by atoms with E-state index in [-0.39, 0.29) is 0 Å². The van der Waals surface area contributed by atoms with E-state index >= 15 is 0 Å². The number of nitrogens with zero attached hydrogens (tertiary/aromatic N) is 1. The number of fused-ring (bicyclic) bond motifs is 1. The van der Waals surface area contributed by atoms with Gasteiger partial charge in [0.2, 0.25) is 0 Å². The summed E-state index contributed by atoms with van der Waals surface area (Å²) >= 11 is 0. The van der Waals surface area contributed by atoms with Gasteiger partial charge >= 0.3 is 0 Å². The second-order valence-corrected chi connectivity index (χ2v) is 6.30. The molecule has 0 bridgehead atoms. The SMILES string of the molecule is CC1=C[C@@H]2[C@@H](C/C1=N/OCc1ccccc1)C2(C)C. The summed E-state index contributed by atoms with van der Waals surface area (Å²) < 4.78 is 0. The molecule has 0 amide bonds. The van der Waals surface area contributed by atoms with Gasteiger partial charge in [-0.15, -0.1) is 0 Å². The number of rotatable bonds is 3. The van der Waals surface area contributed by atoms with Gasteiger partial charge in [0.05, 0.1) is 5.71 Å². The molecule has 19 heavy (non-hydrogen) atoms. The van der Waals surface area contributed by atoms with Crippen molar-refractivity contribution in [1.29, 1.82) is 0 Å². The van der Waals surface area contributed by atoms with Crippen molar-refractivity contribution in [3.05, 3.63) is 47.5 Å². The van der Waals surface area contributed by atoms with Gasteiger partial charge in [0, 0.05) is 0 Å². The molecule has 0 N–H and O–H groups in total. The Morgan fingerprint density at radius 2 is 2.00 bits per heavy atom. The highest BCUT2D eigenvalue weighted by Crippen LogP contribution is 2.63. The van der Waals surface area contributed by atoms with E-state index in [0.29, 0.717) is 12.0 Å². The van der Waals surface area contributed by atoms with Gasteiger partial charge < -0.3 is 4.84 Å². The molecule has 2 nitrogen and oxygen atoms in total. The fraction of sp³-hybridized carbons (Fsp3) is 0.471. The maximum Gasteiger partial charge on any atom is 0.142 e. The number of hydrogen-bond donors (Lipinski definition) is 0. The molecule has 2 aliphatic rings. The lowest BCUT2D eigenvalue weighted by Gasteiger charge is -2.11. The van der Waals surface area contributed by atoms with E-state index in [1.165, 1.54) is 5.57 Å². The summed E-state index contributed by atoms with van der Waals surface area (Å²) in [6, 6.07) is 10.2. The minimum absolute atomic E-state index is 0.456. The van der Waals surface area contributed by atoms with Gasteiger partial charge in [-0.25, -0.2) is 0 Å². The summed E-state index contributed by atoms with van der Waals surface area (Å²) in [6.45, 7) is 7.39. The van der Waals surface area contributed by atoms with Gasteiger partial charge in [-0.1, -0.05) is 55.4 Å². The molecule has 0 aliphatic heterocycles. The Morgan fingerprint density at radius 1 is 1.26 bits per heavy atom. The molecular weight excluding hydrogens is 234 g/mol. The standard InChI is InChI=1S/C17H21NO/c1-12-9-14-15(17(14,2)3)10-16(12)18-19-11-13-7-5-4-6-8-13/h4-9,14-15H,10-11H2,1-3H3/b18-16-/t14-,15-/m1/s1. The van der Waals surface area contributed by atoms with Crippen molar-refractivity contribution in [2.24, 2.45) is 22.4 Å². The highest BCUT2D eigenvalue weighted by atomic mass is 16.6. The third kappa shape index (κ3) is 2.32. The van der Waals surface area contributed by atoms with Crippen molar-refractivity contribution >= 4 is 5.71 Å². The first-order valence-electron chi connectivity index (χ1n) is 7.00. The van der Waals surface area contributed by atoms with Gasteiger partial charge in [0.25, 0.3) is 0 Å². The molecule has 1 saturated carbocycles. The first-order valence-corrected chi connectivity index (χ1v) is 7.00. The molecule has 0 unspecified atom stereocenters. The predicted octanol–water partition coefficient (Wildman–Crippen LogP) is 4.18. The molecule has 2 atom stereocenters. The van der Waals surface area contributed by atoms with Crippen LogP contribution in [0.5, 0.6) is 0 Å². The van der Waals surface area contributed by atoms with E-state index in [9.17, 15) is 0 Å². The monoisotopic (exact) mass is 255 g/mol. The molecule has 3 rings (SSSR count). The first kappa shape index (κ1) is 12.5. The number of allylic oxidation sites excluding steroid dienone is 2. The normalized spacial score (nSPS) is 29.6. The van der Waals surface area contributed by atoms with Crippen LogP contribution >= 0.6 is 0 Å². The van der Waals surface area contributed by atoms with Crippen molar-refractivity contribution in [1.82, 2.24) is 0 Å². The van der Waals surface area contributed by atoms with Gasteiger partial charge in [-0.05, 0) is 41.7 Å². The minimum atomic E-state index is 0.456. The molecule has 0 aromatic heterocycles. The third-order valence-corrected chi connectivity index (χ3v) is 4.69. The second-order valence-electron chi connectivity index (χ2n) is 6.30. The zero-order valence-electron chi connectivity index (χ0n) is 11.9. The number of hydrogen-bond acceptors (Lipinski definition) is 2. The first-order chi connectivity index (χ1) is 9.09. The Balaban J connectivity index is 1.63. The van der Waals surface area contributed by atoms with Crippen LogP contribution in [0.15, 0.2) is 47.1 Å². The van der Waals surface area contributed by atoms with Crippen LogP contribution in [0.1, 0.15) is 32.8 Å². The molecule has 100 valence electrons. The lowest BCUT2D eigenvalue weighted by atomic mass is 9.99. The fourth-order valence-electron chi connectivity index (χ4n) is 3.11. The molecule has 0 radical (unpaired) electrons. The molecule has 1 aromatic carbocycles. The number of benzene rings is 1. The van der Waals surface area contributed by atoms with Gasteiger partial charge in [-0.2, -0.15) is 0 Å². The molecule has 1 fully saturated rings. The quantitative estimate of drug-likeness (QED) is 0.742. The summed E-state index contributed by atoms with van der Waals surface area (Å²) in [5.74, 6) is 1.51. The molecule has 0 heterocycles. The van der Waals surface area contributed by atoms with Crippen molar-refractivity contribution in [2.75, 3.05) is 0 Å². The predicted molar refractivity (Wildman–Crippen MR) is 77.8 cm³/mol. The zero-order chi connectivity index (χ0) is 13.5. The Kier molecular flexibility index (Phi) is 2.96. The lowest BCUT2D eigenvalue weighted by molar-refractivity contribution is 0.129. The van der Waals surface area contributed by atoms with Crippen molar-refractivity contribution in [3.8, 4) is 0 Å². The van der Waals surface area contributed by atoms with Gasteiger partial charge in [0.15, 0.2) is 0 Å². The van der Waals surface area contributed by atoms with E-state index in [1.807, 2.05) is 18.2 Å². The van der Waals surface area contributed by atoms with Crippen molar-refractivity contribution in [2.45, 2.75) is 33.8 Å². The number of oxime groups is 1. The van der Waals surface area contributed by atoms with E-state index in [1.54, 1.807) is 0 Å². The Hall–Kier alpha value is -1.57. The van der Waals surface area contributed by atoms with Crippen molar-refractivity contribution < 1.29 is 4.84 Å². The van der Waals surface area contributed by atoms with Gasteiger partial charge in [-0.3, -0.25) is 0 Å². The van der Waals surface area contributed by atoms with Crippen LogP contribution in [-0.4, -0.2) is 5.71 Å². The van der Waals surface area contributed by atoms with Crippen LogP contribution < -0.4 is 0 Å². The van der Waals surface area contributed by atoms with E-state index in [2.05, 4.69) is 44.1 Å².